The molecule has 1 fully saturated rings. The number of unbranched alkanes of at least 4 members (excludes halogenated alkanes) is 4. The first-order valence-electron chi connectivity index (χ1n) is 6.70. The van der Waals surface area contributed by atoms with Crippen LogP contribution in [-0.2, 0) is 9.84 Å². The Bertz CT molecular complexity index is 304. The van der Waals surface area contributed by atoms with Crippen LogP contribution in [0.4, 0.5) is 0 Å². The second kappa shape index (κ2) is 7.34. The first-order chi connectivity index (χ1) is 8.05. The normalized spacial score (nSPS) is 24.9. The first-order valence-corrected chi connectivity index (χ1v) is 8.52. The molecule has 102 valence electrons. The van der Waals surface area contributed by atoms with Crippen molar-refractivity contribution in [1.29, 1.82) is 0 Å². The van der Waals surface area contributed by atoms with E-state index >= 15 is 0 Å². The second-order valence-corrected chi connectivity index (χ2v) is 7.28. The standard InChI is InChI=1S/C12H26N2O2S/c1-12-11-17(15,16)10-9-14(12)8-6-4-2-3-5-7-13/h12H,2-11,13H2,1H3. The number of nitrogens with two attached hydrogens (primary N) is 1. The van der Waals surface area contributed by atoms with Gasteiger partial charge in [0.25, 0.3) is 0 Å². The maximum atomic E-state index is 11.4. The molecule has 0 aromatic carbocycles. The van der Waals surface area contributed by atoms with Crippen LogP contribution in [0.25, 0.3) is 0 Å². The average molecular weight is 262 g/mol. The lowest BCUT2D eigenvalue weighted by Gasteiger charge is -2.33. The Morgan fingerprint density at radius 3 is 2.47 bits per heavy atom. The number of hydrogen-bond donors (Lipinski definition) is 1. The number of nitrogens with zero attached hydrogens (tertiary/aromatic N) is 1. The minimum absolute atomic E-state index is 0.192. The van der Waals surface area contributed by atoms with E-state index in [1.165, 1.54) is 25.7 Å². The van der Waals surface area contributed by atoms with Gasteiger partial charge in [0.2, 0.25) is 0 Å². The fourth-order valence-corrected chi connectivity index (χ4v) is 3.98. The van der Waals surface area contributed by atoms with Gasteiger partial charge in [0.1, 0.15) is 0 Å². The van der Waals surface area contributed by atoms with Crippen LogP contribution in [0.15, 0.2) is 0 Å². The lowest BCUT2D eigenvalue weighted by Crippen LogP contribution is -2.47. The summed E-state index contributed by atoms with van der Waals surface area (Å²) in [6.07, 6.45) is 6.00. The Morgan fingerprint density at radius 2 is 1.82 bits per heavy atom. The van der Waals surface area contributed by atoms with E-state index in [0.717, 1.165) is 19.5 Å². The van der Waals surface area contributed by atoms with Gasteiger partial charge in [-0.15, -0.1) is 0 Å². The van der Waals surface area contributed by atoms with Crippen LogP contribution in [-0.4, -0.2) is 50.5 Å². The topological polar surface area (TPSA) is 63.4 Å². The predicted molar refractivity (Wildman–Crippen MR) is 71.8 cm³/mol. The van der Waals surface area contributed by atoms with E-state index < -0.39 is 9.84 Å². The third-order valence-electron chi connectivity index (χ3n) is 3.46. The molecule has 1 aliphatic rings. The van der Waals surface area contributed by atoms with Crippen LogP contribution in [0.5, 0.6) is 0 Å². The largest absolute Gasteiger partial charge is 0.330 e. The molecule has 0 aromatic rings. The van der Waals surface area contributed by atoms with Gasteiger partial charge in [-0.1, -0.05) is 19.3 Å². The molecule has 0 aromatic heterocycles. The van der Waals surface area contributed by atoms with E-state index in [2.05, 4.69) is 4.90 Å². The third kappa shape index (κ3) is 5.84. The molecule has 1 heterocycles. The molecular weight excluding hydrogens is 236 g/mol. The quantitative estimate of drug-likeness (QED) is 0.696. The Hall–Kier alpha value is -0.130. The maximum Gasteiger partial charge on any atom is 0.153 e. The fraction of sp³-hybridized carbons (Fsp3) is 1.00. The van der Waals surface area contributed by atoms with Crippen LogP contribution in [0.2, 0.25) is 0 Å². The van der Waals surface area contributed by atoms with Gasteiger partial charge in [-0.2, -0.15) is 0 Å². The maximum absolute atomic E-state index is 11.4. The molecule has 2 N–H and O–H groups in total. The highest BCUT2D eigenvalue weighted by molar-refractivity contribution is 7.91. The molecule has 1 unspecified atom stereocenters. The molecule has 1 aliphatic heterocycles. The van der Waals surface area contributed by atoms with Gasteiger partial charge in [-0.05, 0) is 32.9 Å². The van der Waals surface area contributed by atoms with E-state index in [0.29, 0.717) is 18.1 Å². The van der Waals surface area contributed by atoms with Crippen molar-refractivity contribution in [1.82, 2.24) is 4.90 Å². The van der Waals surface area contributed by atoms with Crippen LogP contribution >= 0.6 is 0 Å². The zero-order chi connectivity index (χ0) is 12.7. The lowest BCUT2D eigenvalue weighted by atomic mass is 10.1. The summed E-state index contributed by atoms with van der Waals surface area (Å²) in [6, 6.07) is 0.192. The minimum Gasteiger partial charge on any atom is -0.330 e. The zero-order valence-corrected chi connectivity index (χ0v) is 11.7. The third-order valence-corrected chi connectivity index (χ3v) is 5.25. The van der Waals surface area contributed by atoms with Crippen molar-refractivity contribution < 1.29 is 8.42 Å². The number of rotatable bonds is 7. The molecule has 0 radical (unpaired) electrons. The highest BCUT2D eigenvalue weighted by atomic mass is 32.2. The SMILES string of the molecule is CC1CS(=O)(=O)CCN1CCCCCCCN. The van der Waals surface area contributed by atoms with Crippen molar-refractivity contribution in [2.75, 3.05) is 31.1 Å². The van der Waals surface area contributed by atoms with Crippen LogP contribution in [0.3, 0.4) is 0 Å². The summed E-state index contributed by atoms with van der Waals surface area (Å²) in [6.45, 7) is 4.57. The molecule has 0 saturated carbocycles. The van der Waals surface area contributed by atoms with E-state index in [9.17, 15) is 8.42 Å². The van der Waals surface area contributed by atoms with Crippen molar-refractivity contribution in [3.8, 4) is 0 Å². The van der Waals surface area contributed by atoms with E-state index in [1.807, 2.05) is 6.92 Å². The molecule has 17 heavy (non-hydrogen) atoms. The molecule has 5 heteroatoms. The van der Waals surface area contributed by atoms with Gasteiger partial charge >= 0.3 is 0 Å². The van der Waals surface area contributed by atoms with Gasteiger partial charge in [0.15, 0.2) is 9.84 Å². The summed E-state index contributed by atoms with van der Waals surface area (Å²) >= 11 is 0. The summed E-state index contributed by atoms with van der Waals surface area (Å²) in [5, 5.41) is 0. The van der Waals surface area contributed by atoms with Gasteiger partial charge < -0.3 is 5.73 Å². The van der Waals surface area contributed by atoms with Crippen LogP contribution in [0, 0.1) is 0 Å². The Kier molecular flexibility index (Phi) is 6.44. The molecule has 1 atom stereocenters. The van der Waals surface area contributed by atoms with Crippen molar-refractivity contribution in [3.05, 3.63) is 0 Å². The molecule has 4 nitrogen and oxygen atoms in total. The highest BCUT2D eigenvalue weighted by Crippen LogP contribution is 2.13. The van der Waals surface area contributed by atoms with Crippen molar-refractivity contribution in [2.24, 2.45) is 5.73 Å². The van der Waals surface area contributed by atoms with Crippen molar-refractivity contribution >= 4 is 9.84 Å². The Labute approximate surface area is 105 Å². The summed E-state index contributed by atoms with van der Waals surface area (Å²) < 4.78 is 22.8. The smallest absolute Gasteiger partial charge is 0.153 e. The van der Waals surface area contributed by atoms with E-state index in [1.54, 1.807) is 0 Å². The molecule has 1 saturated heterocycles. The molecule has 0 aliphatic carbocycles. The summed E-state index contributed by atoms with van der Waals surface area (Å²) in [7, 11) is -2.76. The van der Waals surface area contributed by atoms with Crippen LogP contribution < -0.4 is 5.73 Å². The molecule has 0 bridgehead atoms. The van der Waals surface area contributed by atoms with Crippen LogP contribution in [0.1, 0.15) is 39.0 Å². The minimum atomic E-state index is -2.76. The summed E-state index contributed by atoms with van der Waals surface area (Å²) in [4.78, 5) is 2.31. The molecule has 0 spiro atoms. The van der Waals surface area contributed by atoms with Gasteiger partial charge in [-0.25, -0.2) is 8.42 Å². The van der Waals surface area contributed by atoms with Crippen molar-refractivity contribution in [3.63, 3.8) is 0 Å². The Morgan fingerprint density at radius 1 is 1.18 bits per heavy atom. The van der Waals surface area contributed by atoms with E-state index in [4.69, 9.17) is 5.73 Å². The second-order valence-electron chi connectivity index (χ2n) is 5.06. The van der Waals surface area contributed by atoms with Gasteiger partial charge in [-0.3, -0.25) is 4.90 Å². The Balaban J connectivity index is 2.12. The van der Waals surface area contributed by atoms with Gasteiger partial charge in [0.05, 0.1) is 11.5 Å². The number of hydrogen-bond acceptors (Lipinski definition) is 4. The zero-order valence-electron chi connectivity index (χ0n) is 10.9. The molecular formula is C12H26N2O2S. The average Bonchev–Trinajstić information content (AvgIpc) is 2.25. The monoisotopic (exact) mass is 262 g/mol. The van der Waals surface area contributed by atoms with Crippen molar-refractivity contribution in [2.45, 2.75) is 45.1 Å². The lowest BCUT2D eigenvalue weighted by molar-refractivity contribution is 0.221. The fourth-order valence-electron chi connectivity index (χ4n) is 2.35. The first kappa shape index (κ1) is 14.9. The molecule has 1 rings (SSSR count). The van der Waals surface area contributed by atoms with Gasteiger partial charge in [0, 0.05) is 12.6 Å². The number of sulfone groups is 1. The summed E-state index contributed by atoms with van der Waals surface area (Å²) in [5.74, 6) is 0.671. The predicted octanol–water partition coefficient (Wildman–Crippen LogP) is 1.01. The molecule has 0 amide bonds. The van der Waals surface area contributed by atoms with E-state index in [-0.39, 0.29) is 6.04 Å². The summed E-state index contributed by atoms with van der Waals surface area (Å²) in [5.41, 5.74) is 5.44. The highest BCUT2D eigenvalue weighted by Gasteiger charge is 2.27.